The van der Waals surface area contributed by atoms with Crippen molar-refractivity contribution in [3.05, 3.63) is 0 Å². The van der Waals surface area contributed by atoms with Gasteiger partial charge in [-0.3, -0.25) is 0 Å². The highest BCUT2D eigenvalue weighted by Crippen LogP contribution is 2.51. The van der Waals surface area contributed by atoms with Gasteiger partial charge in [0.1, 0.15) is 5.54 Å². The van der Waals surface area contributed by atoms with Crippen LogP contribution in [0.1, 0.15) is 32.1 Å². The summed E-state index contributed by atoms with van der Waals surface area (Å²) in [6.07, 6.45) is 7.35. The van der Waals surface area contributed by atoms with E-state index in [-0.39, 0.29) is 0 Å². The third-order valence-electron chi connectivity index (χ3n) is 4.05. The molecule has 1 aliphatic heterocycles. The molecule has 2 rings (SSSR count). The van der Waals surface area contributed by atoms with Crippen molar-refractivity contribution in [2.45, 2.75) is 42.9 Å². The average Bonchev–Trinajstić information content (AvgIpc) is 2.09. The second-order valence-electron chi connectivity index (χ2n) is 5.52. The second-order valence-corrected chi connectivity index (χ2v) is 6.71. The van der Waals surface area contributed by atoms with Gasteiger partial charge in [-0.15, -0.1) is 11.8 Å². The van der Waals surface area contributed by atoms with Crippen molar-refractivity contribution in [2.75, 3.05) is 26.9 Å². The van der Waals surface area contributed by atoms with Gasteiger partial charge in [-0.1, -0.05) is 12.8 Å². The summed E-state index contributed by atoms with van der Waals surface area (Å²) in [6.45, 7) is 0. The number of quaternary nitrogens is 1. The first-order valence-electron chi connectivity index (χ1n) is 5.49. The predicted octanol–water partition coefficient (Wildman–Crippen LogP) is 2.51. The summed E-state index contributed by atoms with van der Waals surface area (Å²) in [7, 11) is 7.16. The lowest BCUT2D eigenvalue weighted by atomic mass is 9.87. The highest BCUT2D eigenvalue weighted by Gasteiger charge is 2.56. The van der Waals surface area contributed by atoms with Crippen LogP contribution in [0.2, 0.25) is 0 Å². The molecule has 0 aromatic carbocycles. The van der Waals surface area contributed by atoms with Gasteiger partial charge in [-0.2, -0.15) is 0 Å². The van der Waals surface area contributed by atoms with E-state index >= 15 is 0 Å². The normalized spacial score (nSPS) is 40.4. The summed E-state index contributed by atoms with van der Waals surface area (Å²) in [5.74, 6) is 1.40. The van der Waals surface area contributed by atoms with Crippen LogP contribution < -0.4 is 0 Å². The van der Waals surface area contributed by atoms with Crippen molar-refractivity contribution in [1.29, 1.82) is 0 Å². The zero-order chi connectivity index (χ0) is 9.53. The summed E-state index contributed by atoms with van der Waals surface area (Å²) in [6, 6.07) is 0. The molecule has 0 bridgehead atoms. The molecule has 1 saturated heterocycles. The molecule has 1 saturated carbocycles. The van der Waals surface area contributed by atoms with Crippen LogP contribution >= 0.6 is 11.8 Å². The Bertz CT molecular complexity index is 197. The molecule has 0 spiro atoms. The smallest absolute Gasteiger partial charge is 0.120 e. The van der Waals surface area contributed by atoms with Gasteiger partial charge < -0.3 is 4.48 Å². The third-order valence-corrected chi connectivity index (χ3v) is 5.79. The Morgan fingerprint density at radius 1 is 1.15 bits per heavy atom. The minimum absolute atomic E-state index is 0.640. The van der Waals surface area contributed by atoms with Crippen LogP contribution in [0.25, 0.3) is 0 Å². The Hall–Kier alpha value is 0.310. The third kappa shape index (κ3) is 1.42. The largest absolute Gasteiger partial charge is 0.324 e. The lowest BCUT2D eigenvalue weighted by molar-refractivity contribution is -0.922. The van der Waals surface area contributed by atoms with E-state index in [9.17, 15) is 0 Å². The molecule has 0 radical (unpaired) electrons. The molecule has 1 aliphatic carbocycles. The van der Waals surface area contributed by atoms with Crippen molar-refractivity contribution in [3.8, 4) is 0 Å². The van der Waals surface area contributed by atoms with Crippen molar-refractivity contribution < 1.29 is 4.48 Å². The maximum Gasteiger partial charge on any atom is 0.120 e. The van der Waals surface area contributed by atoms with Gasteiger partial charge in [0, 0.05) is 6.42 Å². The fourth-order valence-electron chi connectivity index (χ4n) is 2.88. The molecule has 0 aromatic heterocycles. The lowest BCUT2D eigenvalue weighted by Crippen LogP contribution is -2.69. The molecular formula is C11H22NS+. The highest BCUT2D eigenvalue weighted by molar-refractivity contribution is 8.01. The zero-order valence-corrected chi connectivity index (χ0v) is 9.99. The lowest BCUT2D eigenvalue weighted by Gasteiger charge is -2.56. The highest BCUT2D eigenvalue weighted by atomic mass is 32.2. The average molecular weight is 200 g/mol. The molecule has 0 aromatic rings. The number of hydrogen-bond donors (Lipinski definition) is 0. The Morgan fingerprint density at radius 3 is 2.46 bits per heavy atom. The first kappa shape index (κ1) is 9.85. The van der Waals surface area contributed by atoms with E-state index in [0.29, 0.717) is 5.54 Å². The predicted molar refractivity (Wildman–Crippen MR) is 60.1 cm³/mol. The number of hydrogen-bond acceptors (Lipinski definition) is 1. The number of nitrogens with zero attached hydrogens (tertiary/aromatic N) is 1. The van der Waals surface area contributed by atoms with E-state index in [2.05, 4.69) is 32.9 Å². The summed E-state index contributed by atoms with van der Waals surface area (Å²) < 4.78 is 1.19. The van der Waals surface area contributed by atoms with Gasteiger partial charge in [0.2, 0.25) is 0 Å². The molecular weight excluding hydrogens is 178 g/mol. The molecule has 2 unspecified atom stereocenters. The minimum atomic E-state index is 0.640. The van der Waals surface area contributed by atoms with E-state index in [4.69, 9.17) is 0 Å². The van der Waals surface area contributed by atoms with Crippen molar-refractivity contribution >= 4 is 11.8 Å². The number of fused-ring (bicyclic) bond motifs is 1. The van der Waals surface area contributed by atoms with Gasteiger partial charge in [0.25, 0.3) is 0 Å². The molecule has 2 fully saturated rings. The zero-order valence-electron chi connectivity index (χ0n) is 9.18. The standard InChI is InChI=1S/C11H22NS/c1-12(2,3)11-8-6-4-5-7-10(11)13-9-11/h10H,4-9H2,1-3H3/q+1. The molecule has 2 atom stereocenters. The van der Waals surface area contributed by atoms with Crippen LogP contribution in [0.3, 0.4) is 0 Å². The maximum absolute atomic E-state index is 2.39. The summed E-state index contributed by atoms with van der Waals surface area (Å²) >= 11 is 2.21. The van der Waals surface area contributed by atoms with E-state index < -0.39 is 0 Å². The van der Waals surface area contributed by atoms with Crippen LogP contribution in [-0.2, 0) is 0 Å². The fraction of sp³-hybridized carbons (Fsp3) is 1.00. The molecule has 0 N–H and O–H groups in total. The molecule has 0 amide bonds. The van der Waals surface area contributed by atoms with Crippen LogP contribution in [0.5, 0.6) is 0 Å². The summed E-state index contributed by atoms with van der Waals surface area (Å²) in [4.78, 5) is 0. The molecule has 2 aliphatic rings. The van der Waals surface area contributed by atoms with Gasteiger partial charge in [0.05, 0.1) is 32.1 Å². The monoisotopic (exact) mass is 200 g/mol. The second kappa shape index (κ2) is 3.16. The first-order valence-corrected chi connectivity index (χ1v) is 6.54. The quantitative estimate of drug-likeness (QED) is 0.586. The Labute approximate surface area is 86.5 Å². The first-order chi connectivity index (χ1) is 6.06. The van der Waals surface area contributed by atoms with Gasteiger partial charge in [-0.05, 0) is 12.8 Å². The van der Waals surface area contributed by atoms with Crippen LogP contribution in [-0.4, -0.2) is 42.2 Å². The van der Waals surface area contributed by atoms with Crippen LogP contribution in [0, 0.1) is 0 Å². The summed E-state index contributed by atoms with van der Waals surface area (Å²) in [5, 5.41) is 0.968. The van der Waals surface area contributed by atoms with Crippen LogP contribution in [0.4, 0.5) is 0 Å². The molecule has 76 valence electrons. The van der Waals surface area contributed by atoms with E-state index in [0.717, 1.165) is 5.25 Å². The van der Waals surface area contributed by atoms with E-state index in [1.165, 1.54) is 42.3 Å². The molecule has 13 heavy (non-hydrogen) atoms. The fourth-order valence-corrected chi connectivity index (χ4v) is 4.96. The van der Waals surface area contributed by atoms with Crippen molar-refractivity contribution in [2.24, 2.45) is 0 Å². The Kier molecular flexibility index (Phi) is 2.40. The van der Waals surface area contributed by atoms with Crippen molar-refractivity contribution in [3.63, 3.8) is 0 Å². The topological polar surface area (TPSA) is 0 Å². The van der Waals surface area contributed by atoms with Gasteiger partial charge in [-0.25, -0.2) is 0 Å². The minimum Gasteiger partial charge on any atom is -0.324 e. The van der Waals surface area contributed by atoms with Crippen LogP contribution in [0.15, 0.2) is 0 Å². The Balaban J connectivity index is 2.18. The molecule has 1 heterocycles. The van der Waals surface area contributed by atoms with Gasteiger partial charge in [0.15, 0.2) is 0 Å². The number of thioether (sulfide) groups is 1. The molecule has 1 nitrogen and oxygen atoms in total. The number of rotatable bonds is 1. The van der Waals surface area contributed by atoms with E-state index in [1.54, 1.807) is 0 Å². The maximum atomic E-state index is 2.39. The molecule has 2 heteroatoms. The SMILES string of the molecule is C[N+](C)(C)C12CCCCCC1SC2. The van der Waals surface area contributed by atoms with Crippen molar-refractivity contribution in [1.82, 2.24) is 0 Å². The Morgan fingerprint density at radius 2 is 1.92 bits per heavy atom. The van der Waals surface area contributed by atoms with E-state index in [1.807, 2.05) is 0 Å². The van der Waals surface area contributed by atoms with Gasteiger partial charge >= 0.3 is 0 Å². The summed E-state index contributed by atoms with van der Waals surface area (Å²) in [5.41, 5.74) is 0.640.